The first-order valence-corrected chi connectivity index (χ1v) is 5.75. The number of carbonyl (C=O) groups is 1. The summed E-state index contributed by atoms with van der Waals surface area (Å²) < 4.78 is 5.24. The largest absolute Gasteiger partial charge is 0.496 e. The molecule has 1 aromatic heterocycles. The van der Waals surface area contributed by atoms with Crippen LogP contribution >= 0.6 is 0 Å². The lowest BCUT2D eigenvalue weighted by Crippen LogP contribution is -2.01. The van der Waals surface area contributed by atoms with Crippen molar-refractivity contribution in [2.45, 2.75) is 13.8 Å². The first-order valence-electron chi connectivity index (χ1n) is 5.75. The second-order valence-electron chi connectivity index (χ2n) is 4.26. The maximum absolute atomic E-state index is 11.2. The van der Waals surface area contributed by atoms with E-state index in [-0.39, 0.29) is 5.69 Å². The fraction of sp³-hybridized carbons (Fsp3) is 0.308. The Bertz CT molecular complexity index is 647. The first-order chi connectivity index (χ1) is 8.95. The van der Waals surface area contributed by atoms with Crippen molar-refractivity contribution in [3.8, 4) is 17.0 Å². The van der Waals surface area contributed by atoms with Gasteiger partial charge in [0.1, 0.15) is 11.4 Å². The SMILES string of the molecule is COc1ccc(-c2nn(C)nc2C(=O)O)c(C)c1C. The lowest BCUT2D eigenvalue weighted by Gasteiger charge is -2.11. The molecule has 0 spiro atoms. The molecule has 6 heteroatoms. The molecule has 0 atom stereocenters. The molecule has 2 rings (SSSR count). The van der Waals surface area contributed by atoms with Crippen LogP contribution in [-0.2, 0) is 7.05 Å². The molecule has 0 aliphatic carbocycles. The van der Waals surface area contributed by atoms with E-state index in [2.05, 4.69) is 10.2 Å². The molecular formula is C13H15N3O3. The number of benzene rings is 1. The summed E-state index contributed by atoms with van der Waals surface area (Å²) in [5.41, 5.74) is 2.97. The third-order valence-corrected chi connectivity index (χ3v) is 3.13. The van der Waals surface area contributed by atoms with Gasteiger partial charge >= 0.3 is 5.97 Å². The van der Waals surface area contributed by atoms with Crippen molar-refractivity contribution in [2.75, 3.05) is 7.11 Å². The number of carboxylic acid groups (broad SMARTS) is 1. The normalized spacial score (nSPS) is 10.5. The molecule has 0 unspecified atom stereocenters. The number of ether oxygens (including phenoxy) is 1. The Labute approximate surface area is 110 Å². The van der Waals surface area contributed by atoms with Crippen LogP contribution in [0.2, 0.25) is 0 Å². The van der Waals surface area contributed by atoms with Gasteiger partial charge in [-0.25, -0.2) is 4.79 Å². The second-order valence-corrected chi connectivity index (χ2v) is 4.26. The highest BCUT2D eigenvalue weighted by molar-refractivity contribution is 5.93. The number of methoxy groups -OCH3 is 1. The molecule has 0 saturated carbocycles. The van der Waals surface area contributed by atoms with E-state index in [0.717, 1.165) is 22.4 Å². The van der Waals surface area contributed by atoms with E-state index in [1.807, 2.05) is 13.8 Å². The average Bonchev–Trinajstić information content (AvgIpc) is 2.75. The third kappa shape index (κ3) is 2.16. The van der Waals surface area contributed by atoms with E-state index in [4.69, 9.17) is 9.84 Å². The number of hydrogen-bond acceptors (Lipinski definition) is 4. The van der Waals surface area contributed by atoms with Crippen LogP contribution in [0.1, 0.15) is 21.6 Å². The summed E-state index contributed by atoms with van der Waals surface area (Å²) in [6, 6.07) is 3.61. The topological polar surface area (TPSA) is 77.2 Å². The number of aromatic nitrogens is 3. The van der Waals surface area contributed by atoms with Crippen LogP contribution in [0.4, 0.5) is 0 Å². The number of nitrogens with zero attached hydrogens (tertiary/aromatic N) is 3. The Hall–Kier alpha value is -2.37. The van der Waals surface area contributed by atoms with Crippen LogP contribution in [0.3, 0.4) is 0 Å². The molecule has 6 nitrogen and oxygen atoms in total. The molecule has 100 valence electrons. The Morgan fingerprint density at radius 2 is 1.95 bits per heavy atom. The maximum Gasteiger partial charge on any atom is 0.358 e. The number of carboxylic acids is 1. The van der Waals surface area contributed by atoms with Gasteiger partial charge < -0.3 is 9.84 Å². The molecule has 1 heterocycles. The summed E-state index contributed by atoms with van der Waals surface area (Å²) in [7, 11) is 3.20. The lowest BCUT2D eigenvalue weighted by atomic mass is 9.99. The lowest BCUT2D eigenvalue weighted by molar-refractivity contribution is 0.0690. The zero-order valence-electron chi connectivity index (χ0n) is 11.3. The third-order valence-electron chi connectivity index (χ3n) is 3.13. The molecule has 0 bridgehead atoms. The predicted octanol–water partition coefficient (Wildman–Crippen LogP) is 1.81. The van der Waals surface area contributed by atoms with Crippen molar-refractivity contribution in [3.63, 3.8) is 0 Å². The number of aryl methyl sites for hydroxylation is 1. The van der Waals surface area contributed by atoms with E-state index in [0.29, 0.717) is 5.69 Å². The van der Waals surface area contributed by atoms with Crippen LogP contribution in [0.25, 0.3) is 11.3 Å². The first kappa shape index (κ1) is 13.1. The summed E-state index contributed by atoms with van der Waals surface area (Å²) in [4.78, 5) is 12.4. The summed E-state index contributed by atoms with van der Waals surface area (Å²) in [5.74, 6) is -0.321. The minimum absolute atomic E-state index is 0.0461. The van der Waals surface area contributed by atoms with Gasteiger partial charge in [-0.2, -0.15) is 9.90 Å². The molecular weight excluding hydrogens is 246 g/mol. The Morgan fingerprint density at radius 3 is 2.53 bits per heavy atom. The van der Waals surface area contributed by atoms with Gasteiger partial charge in [0.05, 0.1) is 7.11 Å². The second kappa shape index (κ2) is 4.72. The van der Waals surface area contributed by atoms with Crippen molar-refractivity contribution in [1.29, 1.82) is 0 Å². The van der Waals surface area contributed by atoms with Gasteiger partial charge in [0.15, 0.2) is 5.69 Å². The van der Waals surface area contributed by atoms with Crippen LogP contribution in [-0.4, -0.2) is 33.2 Å². The average molecular weight is 261 g/mol. The zero-order chi connectivity index (χ0) is 14.2. The fourth-order valence-corrected chi connectivity index (χ4v) is 2.01. The van der Waals surface area contributed by atoms with Crippen LogP contribution in [0, 0.1) is 13.8 Å². The van der Waals surface area contributed by atoms with Crippen molar-refractivity contribution in [3.05, 3.63) is 29.0 Å². The molecule has 0 aliphatic rings. The monoisotopic (exact) mass is 261 g/mol. The van der Waals surface area contributed by atoms with E-state index in [1.54, 1.807) is 26.3 Å². The molecule has 0 radical (unpaired) electrons. The van der Waals surface area contributed by atoms with E-state index < -0.39 is 5.97 Å². The highest BCUT2D eigenvalue weighted by Gasteiger charge is 2.20. The van der Waals surface area contributed by atoms with Crippen molar-refractivity contribution in [2.24, 2.45) is 7.05 Å². The van der Waals surface area contributed by atoms with Gasteiger partial charge in [0.2, 0.25) is 0 Å². The predicted molar refractivity (Wildman–Crippen MR) is 69.4 cm³/mol. The molecule has 0 aliphatic heterocycles. The van der Waals surface area contributed by atoms with Crippen molar-refractivity contribution >= 4 is 5.97 Å². The number of rotatable bonds is 3. The van der Waals surface area contributed by atoms with Gasteiger partial charge in [0, 0.05) is 12.6 Å². The minimum Gasteiger partial charge on any atom is -0.496 e. The van der Waals surface area contributed by atoms with Gasteiger partial charge in [-0.05, 0) is 37.1 Å². The summed E-state index contributed by atoms with van der Waals surface area (Å²) in [5, 5.41) is 17.2. The summed E-state index contributed by atoms with van der Waals surface area (Å²) in [6.45, 7) is 3.84. The standard InChI is InChI=1S/C13H15N3O3/c1-7-8(2)10(19-4)6-5-9(7)11-12(13(17)18)15-16(3)14-11/h5-6H,1-4H3,(H,17,18). The molecule has 1 aromatic carbocycles. The fourth-order valence-electron chi connectivity index (χ4n) is 2.01. The Morgan fingerprint density at radius 1 is 1.26 bits per heavy atom. The van der Waals surface area contributed by atoms with Gasteiger partial charge in [0.25, 0.3) is 0 Å². The molecule has 0 fully saturated rings. The zero-order valence-corrected chi connectivity index (χ0v) is 11.3. The summed E-state index contributed by atoms with van der Waals surface area (Å²) in [6.07, 6.45) is 0. The molecule has 19 heavy (non-hydrogen) atoms. The van der Waals surface area contributed by atoms with Crippen LogP contribution in [0.15, 0.2) is 12.1 Å². The van der Waals surface area contributed by atoms with Crippen LogP contribution in [0.5, 0.6) is 5.75 Å². The van der Waals surface area contributed by atoms with Crippen LogP contribution < -0.4 is 4.74 Å². The maximum atomic E-state index is 11.2. The Balaban J connectivity index is 2.66. The smallest absolute Gasteiger partial charge is 0.358 e. The highest BCUT2D eigenvalue weighted by Crippen LogP contribution is 2.31. The highest BCUT2D eigenvalue weighted by atomic mass is 16.5. The van der Waals surface area contributed by atoms with Gasteiger partial charge in [-0.15, -0.1) is 5.10 Å². The van der Waals surface area contributed by atoms with E-state index in [9.17, 15) is 4.79 Å². The quantitative estimate of drug-likeness (QED) is 0.911. The van der Waals surface area contributed by atoms with Gasteiger partial charge in [-0.1, -0.05) is 0 Å². The van der Waals surface area contributed by atoms with Crippen molar-refractivity contribution < 1.29 is 14.6 Å². The van der Waals surface area contributed by atoms with E-state index >= 15 is 0 Å². The van der Waals surface area contributed by atoms with E-state index in [1.165, 1.54) is 4.80 Å². The number of hydrogen-bond donors (Lipinski definition) is 1. The number of aromatic carboxylic acids is 1. The molecule has 2 aromatic rings. The molecule has 1 N–H and O–H groups in total. The Kier molecular flexibility index (Phi) is 3.25. The minimum atomic E-state index is -1.09. The summed E-state index contributed by atoms with van der Waals surface area (Å²) >= 11 is 0. The molecule has 0 saturated heterocycles. The molecule has 0 amide bonds. The van der Waals surface area contributed by atoms with Gasteiger partial charge in [-0.3, -0.25) is 0 Å². The van der Waals surface area contributed by atoms with Crippen molar-refractivity contribution in [1.82, 2.24) is 15.0 Å².